The van der Waals surface area contributed by atoms with Crippen molar-refractivity contribution >= 4 is 5.91 Å². The lowest BCUT2D eigenvalue weighted by Crippen LogP contribution is -2.35. The van der Waals surface area contributed by atoms with Crippen LogP contribution in [0, 0.1) is 0 Å². The Morgan fingerprint density at radius 3 is 2.33 bits per heavy atom. The number of carbonyl (C=O) groups excluding carboxylic acids is 1. The molecule has 0 saturated heterocycles. The van der Waals surface area contributed by atoms with Gasteiger partial charge >= 0.3 is 0 Å². The topological polar surface area (TPSA) is 29.5 Å². The van der Waals surface area contributed by atoms with Crippen molar-refractivity contribution in [2.45, 2.75) is 32.8 Å². The Labute approximate surface area is 74.7 Å². The second-order valence-electron chi connectivity index (χ2n) is 2.97. The van der Waals surface area contributed by atoms with E-state index in [1.165, 1.54) is 0 Å². The van der Waals surface area contributed by atoms with Crippen molar-refractivity contribution in [2.75, 3.05) is 20.7 Å². The Hall–Kier alpha value is -0.570. The van der Waals surface area contributed by atoms with E-state index in [2.05, 4.69) is 6.92 Å². The van der Waals surface area contributed by atoms with Gasteiger partial charge in [-0.05, 0) is 13.3 Å². The van der Waals surface area contributed by atoms with Gasteiger partial charge in [-0.25, -0.2) is 0 Å². The molecule has 0 heterocycles. The second-order valence-corrected chi connectivity index (χ2v) is 2.97. The van der Waals surface area contributed by atoms with Crippen LogP contribution in [0.15, 0.2) is 0 Å². The maximum absolute atomic E-state index is 11.4. The molecule has 0 saturated carbocycles. The van der Waals surface area contributed by atoms with Gasteiger partial charge in [0, 0.05) is 20.7 Å². The number of rotatable bonds is 5. The van der Waals surface area contributed by atoms with Gasteiger partial charge in [-0.2, -0.15) is 0 Å². The van der Waals surface area contributed by atoms with Crippen LogP contribution in [0.1, 0.15) is 26.7 Å². The number of amides is 1. The maximum Gasteiger partial charge on any atom is 0.251 e. The summed E-state index contributed by atoms with van der Waals surface area (Å²) in [5.41, 5.74) is 0. The predicted octanol–water partition coefficient (Wildman–Crippen LogP) is 1.28. The molecule has 0 rings (SSSR count). The number of hydrogen-bond acceptors (Lipinski definition) is 2. The molecule has 0 aromatic rings. The van der Waals surface area contributed by atoms with Gasteiger partial charge in [0.1, 0.15) is 6.10 Å². The van der Waals surface area contributed by atoms with E-state index in [4.69, 9.17) is 4.74 Å². The Morgan fingerprint density at radius 2 is 2.00 bits per heavy atom. The van der Waals surface area contributed by atoms with Crippen molar-refractivity contribution in [3.63, 3.8) is 0 Å². The smallest absolute Gasteiger partial charge is 0.251 e. The van der Waals surface area contributed by atoms with Crippen molar-refractivity contribution in [2.24, 2.45) is 0 Å². The molecule has 0 aliphatic heterocycles. The standard InChI is InChI=1S/C9H19NO2/c1-5-7-8(12-6-2)9(11)10(3)4/h8H,5-7H2,1-4H3. The molecule has 3 nitrogen and oxygen atoms in total. The summed E-state index contributed by atoms with van der Waals surface area (Å²) >= 11 is 0. The van der Waals surface area contributed by atoms with Crippen molar-refractivity contribution in [1.29, 1.82) is 0 Å². The van der Waals surface area contributed by atoms with E-state index in [0.29, 0.717) is 6.61 Å². The zero-order chi connectivity index (χ0) is 9.56. The number of likely N-dealkylation sites (N-methyl/N-ethyl adjacent to an activating group) is 1. The fraction of sp³-hybridized carbons (Fsp3) is 0.889. The molecule has 0 bridgehead atoms. The summed E-state index contributed by atoms with van der Waals surface area (Å²) in [7, 11) is 3.51. The second kappa shape index (κ2) is 6.00. The number of hydrogen-bond donors (Lipinski definition) is 0. The summed E-state index contributed by atoms with van der Waals surface area (Å²) in [6.07, 6.45) is 1.55. The minimum absolute atomic E-state index is 0.0682. The van der Waals surface area contributed by atoms with E-state index in [1.807, 2.05) is 6.92 Å². The molecule has 0 aliphatic carbocycles. The van der Waals surface area contributed by atoms with Crippen molar-refractivity contribution in [3.05, 3.63) is 0 Å². The van der Waals surface area contributed by atoms with Gasteiger partial charge in [0.05, 0.1) is 0 Å². The van der Waals surface area contributed by atoms with Crippen LogP contribution >= 0.6 is 0 Å². The largest absolute Gasteiger partial charge is 0.369 e. The molecule has 3 heteroatoms. The van der Waals surface area contributed by atoms with E-state index < -0.39 is 0 Å². The zero-order valence-corrected chi connectivity index (χ0v) is 8.46. The Bertz CT molecular complexity index is 128. The highest BCUT2D eigenvalue weighted by Gasteiger charge is 2.18. The lowest BCUT2D eigenvalue weighted by atomic mass is 10.2. The van der Waals surface area contributed by atoms with Gasteiger partial charge in [-0.15, -0.1) is 0 Å². The third-order valence-corrected chi connectivity index (χ3v) is 1.63. The van der Waals surface area contributed by atoms with E-state index in [0.717, 1.165) is 12.8 Å². The van der Waals surface area contributed by atoms with Crippen LogP contribution in [0.4, 0.5) is 0 Å². The Morgan fingerprint density at radius 1 is 1.42 bits per heavy atom. The van der Waals surface area contributed by atoms with E-state index in [1.54, 1.807) is 19.0 Å². The average molecular weight is 173 g/mol. The van der Waals surface area contributed by atoms with Gasteiger partial charge in [0.25, 0.3) is 5.91 Å². The van der Waals surface area contributed by atoms with Crippen LogP contribution in [0.5, 0.6) is 0 Å². The number of carbonyl (C=O) groups is 1. The summed E-state index contributed by atoms with van der Waals surface area (Å²) in [6, 6.07) is 0. The summed E-state index contributed by atoms with van der Waals surface area (Å²) in [5.74, 6) is 0.0682. The highest BCUT2D eigenvalue weighted by Crippen LogP contribution is 2.04. The van der Waals surface area contributed by atoms with Gasteiger partial charge in [0.15, 0.2) is 0 Å². The first-order valence-corrected chi connectivity index (χ1v) is 4.46. The lowest BCUT2D eigenvalue weighted by Gasteiger charge is -2.19. The zero-order valence-electron chi connectivity index (χ0n) is 8.46. The van der Waals surface area contributed by atoms with Crippen LogP contribution in [0.25, 0.3) is 0 Å². The maximum atomic E-state index is 11.4. The SMILES string of the molecule is CCCC(OCC)C(=O)N(C)C. The Kier molecular flexibility index (Phi) is 5.72. The molecular formula is C9H19NO2. The molecule has 0 spiro atoms. The van der Waals surface area contributed by atoms with Crippen molar-refractivity contribution < 1.29 is 9.53 Å². The third kappa shape index (κ3) is 3.72. The summed E-state index contributed by atoms with van der Waals surface area (Å²) in [6.45, 7) is 4.56. The first kappa shape index (κ1) is 11.4. The first-order valence-electron chi connectivity index (χ1n) is 4.46. The molecule has 0 radical (unpaired) electrons. The van der Waals surface area contributed by atoms with Crippen molar-refractivity contribution in [1.82, 2.24) is 4.90 Å². The predicted molar refractivity (Wildman–Crippen MR) is 49.0 cm³/mol. The van der Waals surface area contributed by atoms with Crippen LogP contribution in [-0.4, -0.2) is 37.6 Å². The molecule has 0 N–H and O–H groups in total. The lowest BCUT2D eigenvalue weighted by molar-refractivity contribution is -0.141. The molecule has 0 aliphatic rings. The highest BCUT2D eigenvalue weighted by molar-refractivity contribution is 5.80. The fourth-order valence-corrected chi connectivity index (χ4v) is 1.03. The quantitative estimate of drug-likeness (QED) is 0.626. The molecule has 1 unspecified atom stereocenters. The number of nitrogens with zero attached hydrogens (tertiary/aromatic N) is 1. The molecule has 72 valence electrons. The molecule has 1 atom stereocenters. The van der Waals surface area contributed by atoms with E-state index >= 15 is 0 Å². The molecule has 12 heavy (non-hydrogen) atoms. The molecule has 0 fully saturated rings. The first-order chi connectivity index (χ1) is 5.63. The normalized spacial score (nSPS) is 12.7. The monoisotopic (exact) mass is 173 g/mol. The minimum Gasteiger partial charge on any atom is -0.369 e. The summed E-state index contributed by atoms with van der Waals surface area (Å²) in [5, 5.41) is 0. The minimum atomic E-state index is -0.241. The van der Waals surface area contributed by atoms with Crippen molar-refractivity contribution in [3.8, 4) is 0 Å². The van der Waals surface area contributed by atoms with Gasteiger partial charge in [-0.1, -0.05) is 13.3 Å². The Balaban J connectivity index is 3.99. The van der Waals surface area contributed by atoms with E-state index in [9.17, 15) is 4.79 Å². The molecular weight excluding hydrogens is 154 g/mol. The van der Waals surface area contributed by atoms with Gasteiger partial charge in [0.2, 0.25) is 0 Å². The van der Waals surface area contributed by atoms with Crippen LogP contribution < -0.4 is 0 Å². The van der Waals surface area contributed by atoms with Gasteiger partial charge < -0.3 is 9.64 Å². The van der Waals surface area contributed by atoms with Gasteiger partial charge in [-0.3, -0.25) is 4.79 Å². The summed E-state index contributed by atoms with van der Waals surface area (Å²) in [4.78, 5) is 13.0. The molecule has 1 amide bonds. The summed E-state index contributed by atoms with van der Waals surface area (Å²) < 4.78 is 5.31. The molecule has 0 aromatic heterocycles. The highest BCUT2D eigenvalue weighted by atomic mass is 16.5. The van der Waals surface area contributed by atoms with Crippen LogP contribution in [0.2, 0.25) is 0 Å². The van der Waals surface area contributed by atoms with Crippen LogP contribution in [-0.2, 0) is 9.53 Å². The third-order valence-electron chi connectivity index (χ3n) is 1.63. The van der Waals surface area contributed by atoms with E-state index in [-0.39, 0.29) is 12.0 Å². The average Bonchev–Trinajstić information content (AvgIpc) is 2.03. The fourth-order valence-electron chi connectivity index (χ4n) is 1.03. The number of ether oxygens (including phenoxy) is 1. The van der Waals surface area contributed by atoms with Crippen LogP contribution in [0.3, 0.4) is 0 Å². The molecule has 0 aromatic carbocycles.